The van der Waals surface area contributed by atoms with Crippen LogP contribution in [0.15, 0.2) is 11.6 Å². The molecule has 1 aromatic heterocycles. The van der Waals surface area contributed by atoms with Crippen LogP contribution in [-0.4, -0.2) is 4.98 Å². The Morgan fingerprint density at radius 3 is 3.00 bits per heavy atom. The van der Waals surface area contributed by atoms with Gasteiger partial charge in [-0.1, -0.05) is 12.6 Å². The van der Waals surface area contributed by atoms with Crippen LogP contribution in [-0.2, 0) is 5.75 Å². The van der Waals surface area contributed by atoms with Gasteiger partial charge in [0.1, 0.15) is 5.01 Å². The lowest BCUT2D eigenvalue weighted by atomic mass is 10.8. The maximum atomic E-state index is 4.72. The molecule has 37 valence electrons. The van der Waals surface area contributed by atoms with Crippen LogP contribution in [0.5, 0.6) is 0 Å². The third-order valence-corrected chi connectivity index (χ3v) is 1.84. The van der Waals surface area contributed by atoms with Gasteiger partial charge in [0, 0.05) is 11.6 Å². The summed E-state index contributed by atoms with van der Waals surface area (Å²) < 4.78 is 0. The van der Waals surface area contributed by atoms with Gasteiger partial charge >= 0.3 is 0 Å². The minimum atomic E-state index is 0.650. The lowest BCUT2D eigenvalue weighted by Crippen LogP contribution is -1.67. The van der Waals surface area contributed by atoms with Gasteiger partial charge in [-0.3, -0.25) is 0 Å². The Bertz CT molecular complexity index is 124. The van der Waals surface area contributed by atoms with Crippen molar-refractivity contribution < 1.29 is 0 Å². The van der Waals surface area contributed by atoms with Crippen LogP contribution in [0.25, 0.3) is 0 Å². The summed E-state index contributed by atoms with van der Waals surface area (Å²) in [6, 6.07) is 0. The summed E-state index contributed by atoms with van der Waals surface area (Å²) in [6.07, 6.45) is 1.77. The van der Waals surface area contributed by atoms with E-state index in [-0.39, 0.29) is 0 Å². The molecule has 3 heteroatoms. The molecular formula is C4H4NS2. The first kappa shape index (κ1) is 5.12. The highest BCUT2D eigenvalue weighted by atomic mass is 32.1. The van der Waals surface area contributed by atoms with E-state index in [2.05, 4.69) is 4.98 Å². The summed E-state index contributed by atoms with van der Waals surface area (Å²) in [5, 5.41) is 2.97. The fourth-order valence-corrected chi connectivity index (χ4v) is 1.07. The van der Waals surface area contributed by atoms with E-state index in [1.165, 1.54) is 0 Å². The Morgan fingerprint density at radius 2 is 2.71 bits per heavy atom. The van der Waals surface area contributed by atoms with Gasteiger partial charge in [-0.2, -0.15) is 0 Å². The monoisotopic (exact) mass is 130 g/mol. The fraction of sp³-hybridized carbons (Fsp3) is 0.250. The molecule has 1 aromatic rings. The number of hydrogen-bond donors (Lipinski definition) is 0. The zero-order chi connectivity index (χ0) is 5.11. The standard InChI is InChI=1S/C4H4NS2/c6-3-4-5-1-2-7-4/h1-2H,3H2. The molecule has 1 heterocycles. The molecule has 0 atom stereocenters. The van der Waals surface area contributed by atoms with Crippen molar-refractivity contribution in [3.63, 3.8) is 0 Å². The van der Waals surface area contributed by atoms with Crippen molar-refractivity contribution >= 4 is 24.0 Å². The predicted molar refractivity (Wildman–Crippen MR) is 33.4 cm³/mol. The van der Waals surface area contributed by atoms with Crippen LogP contribution < -0.4 is 0 Å². The molecular weight excluding hydrogens is 126 g/mol. The summed E-state index contributed by atoms with van der Waals surface area (Å²) >= 11 is 6.33. The molecule has 0 spiro atoms. The summed E-state index contributed by atoms with van der Waals surface area (Å²) in [5.74, 6) is 0.650. The average Bonchev–Trinajstić information content (AvgIpc) is 2.14. The lowest BCUT2D eigenvalue weighted by Gasteiger charge is -1.75. The van der Waals surface area contributed by atoms with E-state index in [1.807, 2.05) is 5.38 Å². The van der Waals surface area contributed by atoms with E-state index in [0.717, 1.165) is 5.01 Å². The van der Waals surface area contributed by atoms with Crippen LogP contribution in [0.2, 0.25) is 0 Å². The van der Waals surface area contributed by atoms with Crippen molar-refractivity contribution in [2.75, 3.05) is 0 Å². The highest BCUT2D eigenvalue weighted by molar-refractivity contribution is 7.79. The molecule has 0 unspecified atom stereocenters. The number of thiazole rings is 1. The maximum Gasteiger partial charge on any atom is 0.103 e. The van der Waals surface area contributed by atoms with Gasteiger partial charge in [-0.05, 0) is 0 Å². The first-order valence-electron chi connectivity index (χ1n) is 1.90. The second-order valence-corrected chi connectivity index (χ2v) is 2.34. The molecule has 0 aliphatic rings. The lowest BCUT2D eigenvalue weighted by molar-refractivity contribution is 1.28. The number of hydrogen-bond acceptors (Lipinski definition) is 2. The molecule has 1 rings (SSSR count). The molecule has 0 saturated heterocycles. The van der Waals surface area contributed by atoms with Crippen LogP contribution in [0.1, 0.15) is 5.01 Å². The SMILES string of the molecule is [S]Cc1nccs1. The summed E-state index contributed by atoms with van der Waals surface area (Å²) in [6.45, 7) is 0. The molecule has 0 aliphatic heterocycles. The zero-order valence-electron chi connectivity index (χ0n) is 3.63. The van der Waals surface area contributed by atoms with Gasteiger partial charge in [-0.15, -0.1) is 11.3 Å². The number of rotatable bonds is 1. The Balaban J connectivity index is 2.76. The second-order valence-electron chi connectivity index (χ2n) is 1.07. The minimum Gasteiger partial charge on any atom is -0.249 e. The van der Waals surface area contributed by atoms with Gasteiger partial charge in [0.15, 0.2) is 0 Å². The van der Waals surface area contributed by atoms with Gasteiger partial charge in [0.2, 0.25) is 0 Å². The van der Waals surface area contributed by atoms with Crippen LogP contribution in [0, 0.1) is 0 Å². The highest BCUT2D eigenvalue weighted by Gasteiger charge is 1.86. The first-order valence-corrected chi connectivity index (χ1v) is 3.35. The topological polar surface area (TPSA) is 12.9 Å². The second kappa shape index (κ2) is 2.33. The van der Waals surface area contributed by atoms with Gasteiger partial charge in [-0.25, -0.2) is 4.98 Å². The summed E-state index contributed by atoms with van der Waals surface area (Å²) in [4.78, 5) is 3.95. The summed E-state index contributed by atoms with van der Waals surface area (Å²) in [7, 11) is 0. The van der Waals surface area contributed by atoms with Crippen LogP contribution >= 0.6 is 24.0 Å². The zero-order valence-corrected chi connectivity index (χ0v) is 5.26. The van der Waals surface area contributed by atoms with E-state index in [1.54, 1.807) is 17.5 Å². The van der Waals surface area contributed by atoms with E-state index in [4.69, 9.17) is 12.6 Å². The van der Waals surface area contributed by atoms with Crippen molar-refractivity contribution in [1.29, 1.82) is 0 Å². The molecule has 0 aliphatic carbocycles. The third-order valence-electron chi connectivity index (χ3n) is 0.607. The largest absolute Gasteiger partial charge is 0.249 e. The number of aromatic nitrogens is 1. The van der Waals surface area contributed by atoms with E-state index < -0.39 is 0 Å². The molecule has 0 amide bonds. The highest BCUT2D eigenvalue weighted by Crippen LogP contribution is 2.05. The average molecular weight is 130 g/mol. The van der Waals surface area contributed by atoms with E-state index >= 15 is 0 Å². The Kier molecular flexibility index (Phi) is 1.70. The van der Waals surface area contributed by atoms with Crippen LogP contribution in [0.4, 0.5) is 0 Å². The Labute approximate surface area is 51.8 Å². The molecule has 0 N–H and O–H groups in total. The van der Waals surface area contributed by atoms with E-state index in [9.17, 15) is 0 Å². The normalized spacial score (nSPS) is 9.29. The predicted octanol–water partition coefficient (Wildman–Crippen LogP) is 1.84. The Morgan fingerprint density at radius 1 is 1.86 bits per heavy atom. The Hall–Kier alpha value is -0.0200. The minimum absolute atomic E-state index is 0.650. The van der Waals surface area contributed by atoms with Crippen molar-refractivity contribution in [3.8, 4) is 0 Å². The van der Waals surface area contributed by atoms with Crippen molar-refractivity contribution in [2.24, 2.45) is 0 Å². The smallest absolute Gasteiger partial charge is 0.103 e. The maximum absolute atomic E-state index is 4.72. The van der Waals surface area contributed by atoms with Crippen molar-refractivity contribution in [2.45, 2.75) is 5.75 Å². The van der Waals surface area contributed by atoms with Gasteiger partial charge < -0.3 is 0 Å². The van der Waals surface area contributed by atoms with Gasteiger partial charge in [0.05, 0.1) is 5.75 Å². The molecule has 0 saturated carbocycles. The van der Waals surface area contributed by atoms with Crippen molar-refractivity contribution in [3.05, 3.63) is 16.6 Å². The van der Waals surface area contributed by atoms with Gasteiger partial charge in [0.25, 0.3) is 0 Å². The molecule has 0 aromatic carbocycles. The third kappa shape index (κ3) is 1.17. The summed E-state index contributed by atoms with van der Waals surface area (Å²) in [5.41, 5.74) is 0. The van der Waals surface area contributed by atoms with Crippen molar-refractivity contribution in [1.82, 2.24) is 4.98 Å². The molecule has 0 bridgehead atoms. The van der Waals surface area contributed by atoms with Crippen LogP contribution in [0.3, 0.4) is 0 Å². The molecule has 1 nitrogen and oxygen atoms in total. The molecule has 1 radical (unpaired) electrons. The number of nitrogens with zero attached hydrogens (tertiary/aromatic N) is 1. The quantitative estimate of drug-likeness (QED) is 0.565. The molecule has 7 heavy (non-hydrogen) atoms. The van der Waals surface area contributed by atoms with E-state index in [0.29, 0.717) is 5.75 Å². The fourth-order valence-electron chi connectivity index (χ4n) is 0.324. The molecule has 0 fully saturated rings. The first-order chi connectivity index (χ1) is 3.43.